The molecule has 0 spiro atoms. The van der Waals surface area contributed by atoms with Gasteiger partial charge >= 0.3 is 11.9 Å². The van der Waals surface area contributed by atoms with Crippen molar-refractivity contribution < 1.29 is 23.9 Å². The summed E-state index contributed by atoms with van der Waals surface area (Å²) in [6.45, 7) is 4.98. The fourth-order valence-corrected chi connectivity index (χ4v) is 0.762. The van der Waals surface area contributed by atoms with Crippen molar-refractivity contribution in [2.24, 2.45) is 0 Å². The highest BCUT2D eigenvalue weighted by atomic mass is 16.5. The van der Waals surface area contributed by atoms with Crippen LogP contribution in [0.1, 0.15) is 20.8 Å². The molecule has 0 bridgehead atoms. The Hall–Kier alpha value is -1.65. The third kappa shape index (κ3) is 4.95. The summed E-state index contributed by atoms with van der Waals surface area (Å²) < 4.78 is 9.09. The zero-order valence-corrected chi connectivity index (χ0v) is 9.03. The highest BCUT2D eigenvalue weighted by Gasteiger charge is 2.14. The SMILES string of the molecule is CCOC(=O)C(=O)C=C(C)C(=O)OCC. The topological polar surface area (TPSA) is 69.7 Å². The first-order valence-corrected chi connectivity index (χ1v) is 4.59. The molecule has 0 rings (SSSR count). The largest absolute Gasteiger partial charge is 0.463 e. The summed E-state index contributed by atoms with van der Waals surface area (Å²) in [7, 11) is 0. The molecule has 0 unspecified atom stereocenters. The molecule has 0 fully saturated rings. The van der Waals surface area contributed by atoms with Gasteiger partial charge in [-0.05, 0) is 20.8 Å². The van der Waals surface area contributed by atoms with Gasteiger partial charge in [-0.15, -0.1) is 0 Å². The number of rotatable bonds is 5. The molecule has 0 aliphatic heterocycles. The van der Waals surface area contributed by atoms with E-state index in [1.54, 1.807) is 13.8 Å². The van der Waals surface area contributed by atoms with Crippen LogP contribution in [-0.2, 0) is 23.9 Å². The van der Waals surface area contributed by atoms with Gasteiger partial charge in [0.25, 0.3) is 5.78 Å². The normalized spacial score (nSPS) is 10.7. The lowest BCUT2D eigenvalue weighted by atomic mass is 10.2. The summed E-state index contributed by atoms with van der Waals surface area (Å²) in [5, 5.41) is 0. The number of carbonyl (C=O) groups excluding carboxylic acids is 3. The van der Waals surface area contributed by atoms with Gasteiger partial charge in [0, 0.05) is 11.6 Å². The molecule has 5 heteroatoms. The number of ketones is 1. The Morgan fingerprint density at radius 3 is 1.93 bits per heavy atom. The summed E-state index contributed by atoms with van der Waals surface area (Å²) in [5.41, 5.74) is 0.0786. The fraction of sp³-hybridized carbons (Fsp3) is 0.500. The van der Waals surface area contributed by atoms with E-state index in [-0.39, 0.29) is 18.8 Å². The Labute approximate surface area is 88.0 Å². The van der Waals surface area contributed by atoms with Crippen molar-refractivity contribution in [1.29, 1.82) is 0 Å². The van der Waals surface area contributed by atoms with E-state index in [1.807, 2.05) is 0 Å². The zero-order valence-electron chi connectivity index (χ0n) is 9.03. The molecule has 0 radical (unpaired) electrons. The van der Waals surface area contributed by atoms with E-state index in [0.29, 0.717) is 0 Å². The third-order valence-electron chi connectivity index (χ3n) is 1.42. The molecule has 0 aromatic heterocycles. The van der Waals surface area contributed by atoms with Crippen LogP contribution in [0.4, 0.5) is 0 Å². The van der Waals surface area contributed by atoms with Crippen molar-refractivity contribution in [3.05, 3.63) is 11.6 Å². The van der Waals surface area contributed by atoms with E-state index in [2.05, 4.69) is 9.47 Å². The fourth-order valence-electron chi connectivity index (χ4n) is 0.762. The molecule has 0 atom stereocenters. The first-order valence-electron chi connectivity index (χ1n) is 4.59. The predicted octanol–water partition coefficient (Wildman–Crippen LogP) is 0.628. The van der Waals surface area contributed by atoms with Gasteiger partial charge in [0.15, 0.2) is 0 Å². The lowest BCUT2D eigenvalue weighted by Crippen LogP contribution is -2.16. The van der Waals surface area contributed by atoms with Crippen molar-refractivity contribution in [1.82, 2.24) is 0 Å². The molecule has 15 heavy (non-hydrogen) atoms. The Morgan fingerprint density at radius 1 is 1.00 bits per heavy atom. The lowest BCUT2D eigenvalue weighted by molar-refractivity contribution is -0.151. The van der Waals surface area contributed by atoms with E-state index in [0.717, 1.165) is 6.08 Å². The number of hydrogen-bond acceptors (Lipinski definition) is 5. The van der Waals surface area contributed by atoms with E-state index in [1.165, 1.54) is 6.92 Å². The second kappa shape index (κ2) is 6.75. The van der Waals surface area contributed by atoms with Crippen molar-refractivity contribution in [2.75, 3.05) is 13.2 Å². The number of hydrogen-bond donors (Lipinski definition) is 0. The molecule has 0 amide bonds. The Morgan fingerprint density at radius 2 is 1.47 bits per heavy atom. The second-order valence-electron chi connectivity index (χ2n) is 2.63. The van der Waals surface area contributed by atoms with Crippen LogP contribution in [0.5, 0.6) is 0 Å². The summed E-state index contributed by atoms with van der Waals surface area (Å²) in [6, 6.07) is 0. The Balaban J connectivity index is 4.41. The maximum atomic E-state index is 11.1. The zero-order chi connectivity index (χ0) is 11.8. The van der Waals surface area contributed by atoms with Gasteiger partial charge in [-0.25, -0.2) is 9.59 Å². The molecular formula is C10H14O5. The van der Waals surface area contributed by atoms with Crippen LogP contribution in [-0.4, -0.2) is 30.9 Å². The van der Waals surface area contributed by atoms with Crippen molar-refractivity contribution in [3.8, 4) is 0 Å². The third-order valence-corrected chi connectivity index (χ3v) is 1.42. The molecule has 0 aromatic rings. The minimum atomic E-state index is -0.971. The molecule has 84 valence electrons. The predicted molar refractivity (Wildman–Crippen MR) is 52.0 cm³/mol. The van der Waals surface area contributed by atoms with Crippen LogP contribution in [0.25, 0.3) is 0 Å². The van der Waals surface area contributed by atoms with E-state index in [9.17, 15) is 14.4 Å². The highest BCUT2D eigenvalue weighted by Crippen LogP contribution is 1.97. The second-order valence-corrected chi connectivity index (χ2v) is 2.63. The molecule has 0 aromatic carbocycles. The van der Waals surface area contributed by atoms with E-state index in [4.69, 9.17) is 0 Å². The standard InChI is InChI=1S/C10H14O5/c1-4-14-9(12)7(3)6-8(11)10(13)15-5-2/h6H,4-5H2,1-3H3. The van der Waals surface area contributed by atoms with Crippen LogP contribution >= 0.6 is 0 Å². The van der Waals surface area contributed by atoms with Crippen LogP contribution in [0.3, 0.4) is 0 Å². The molecule has 0 aliphatic rings. The van der Waals surface area contributed by atoms with Crippen molar-refractivity contribution in [3.63, 3.8) is 0 Å². The van der Waals surface area contributed by atoms with E-state index >= 15 is 0 Å². The molecular weight excluding hydrogens is 200 g/mol. The summed E-state index contributed by atoms with van der Waals surface area (Å²) in [4.78, 5) is 33.0. The molecule has 0 N–H and O–H groups in total. The minimum absolute atomic E-state index is 0.0786. The maximum absolute atomic E-state index is 11.1. The van der Waals surface area contributed by atoms with Crippen LogP contribution < -0.4 is 0 Å². The van der Waals surface area contributed by atoms with Crippen LogP contribution in [0, 0.1) is 0 Å². The summed E-state index contributed by atoms with van der Waals surface area (Å²) >= 11 is 0. The quantitative estimate of drug-likeness (QED) is 0.381. The molecule has 0 saturated carbocycles. The van der Waals surface area contributed by atoms with Gasteiger partial charge in [-0.1, -0.05) is 0 Å². The Bertz CT molecular complexity index is 290. The lowest BCUT2D eigenvalue weighted by Gasteiger charge is -2.01. The highest BCUT2D eigenvalue weighted by molar-refractivity contribution is 6.39. The van der Waals surface area contributed by atoms with Crippen LogP contribution in [0.2, 0.25) is 0 Å². The first kappa shape index (κ1) is 13.4. The molecule has 0 heterocycles. The minimum Gasteiger partial charge on any atom is -0.463 e. The average Bonchev–Trinajstić information content (AvgIpc) is 2.18. The number of esters is 2. The van der Waals surface area contributed by atoms with Gasteiger partial charge < -0.3 is 9.47 Å². The van der Waals surface area contributed by atoms with Crippen molar-refractivity contribution >= 4 is 17.7 Å². The van der Waals surface area contributed by atoms with Gasteiger partial charge in [-0.2, -0.15) is 0 Å². The number of ether oxygens (including phenoxy) is 2. The summed E-state index contributed by atoms with van der Waals surface area (Å²) in [6.07, 6.45) is 0.913. The molecule has 0 saturated heterocycles. The van der Waals surface area contributed by atoms with Gasteiger partial charge in [0.1, 0.15) is 0 Å². The maximum Gasteiger partial charge on any atom is 0.379 e. The smallest absolute Gasteiger partial charge is 0.379 e. The number of carbonyl (C=O) groups is 3. The van der Waals surface area contributed by atoms with Gasteiger partial charge in [0.2, 0.25) is 0 Å². The molecule has 0 aliphatic carbocycles. The van der Waals surface area contributed by atoms with Gasteiger partial charge in [-0.3, -0.25) is 4.79 Å². The molecule has 5 nitrogen and oxygen atoms in total. The Kier molecular flexibility index (Phi) is 6.01. The van der Waals surface area contributed by atoms with Gasteiger partial charge in [0.05, 0.1) is 13.2 Å². The average molecular weight is 214 g/mol. The van der Waals surface area contributed by atoms with Crippen molar-refractivity contribution in [2.45, 2.75) is 20.8 Å². The monoisotopic (exact) mass is 214 g/mol. The first-order chi connectivity index (χ1) is 7.02. The van der Waals surface area contributed by atoms with Crippen LogP contribution in [0.15, 0.2) is 11.6 Å². The van der Waals surface area contributed by atoms with E-state index < -0.39 is 17.7 Å². The summed E-state index contributed by atoms with van der Waals surface area (Å²) in [5.74, 6) is -2.45.